The lowest BCUT2D eigenvalue weighted by Gasteiger charge is -2.18. The van der Waals surface area contributed by atoms with Crippen LogP contribution in [0.4, 0.5) is 5.69 Å². The second kappa shape index (κ2) is 7.94. The van der Waals surface area contributed by atoms with Crippen LogP contribution in [0.15, 0.2) is 66.9 Å². The Morgan fingerprint density at radius 2 is 1.71 bits per heavy atom. The summed E-state index contributed by atoms with van der Waals surface area (Å²) in [6.45, 7) is 1.89. The molecule has 0 bridgehead atoms. The van der Waals surface area contributed by atoms with Crippen LogP contribution in [-0.2, 0) is 12.0 Å². The summed E-state index contributed by atoms with van der Waals surface area (Å²) in [6, 6.07) is 21.1. The molecule has 28 heavy (non-hydrogen) atoms. The van der Waals surface area contributed by atoms with Crippen LogP contribution in [-0.4, -0.2) is 25.6 Å². The highest BCUT2D eigenvalue weighted by Gasteiger charge is 2.43. The normalized spacial score (nSPS) is 14.7. The number of anilines is 1. The zero-order valence-corrected chi connectivity index (χ0v) is 17.2. The van der Waals surface area contributed by atoms with Crippen molar-refractivity contribution in [3.8, 4) is 11.3 Å². The van der Waals surface area contributed by atoms with Crippen molar-refractivity contribution < 1.29 is 0 Å². The first-order valence-electron chi connectivity index (χ1n) is 9.75. The molecule has 4 heteroatoms. The van der Waals surface area contributed by atoms with E-state index >= 15 is 0 Å². The van der Waals surface area contributed by atoms with E-state index < -0.39 is 0 Å². The molecule has 1 N–H and O–H groups in total. The minimum Gasteiger partial charge on any atom is -0.378 e. The fraction of sp³-hybridized carbons (Fsp3) is 0.292. The summed E-state index contributed by atoms with van der Waals surface area (Å²) >= 11 is 6.01. The van der Waals surface area contributed by atoms with Crippen LogP contribution in [0.1, 0.15) is 24.0 Å². The minimum atomic E-state index is 0.244. The van der Waals surface area contributed by atoms with Crippen molar-refractivity contribution in [2.24, 2.45) is 0 Å². The van der Waals surface area contributed by atoms with Crippen LogP contribution in [0.3, 0.4) is 0 Å². The minimum absolute atomic E-state index is 0.244. The predicted octanol–water partition coefficient (Wildman–Crippen LogP) is 5.29. The number of pyridine rings is 1. The smallest absolute Gasteiger partial charge is 0.0704 e. The highest BCUT2D eigenvalue weighted by molar-refractivity contribution is 6.30. The molecule has 0 unspecified atom stereocenters. The molecule has 1 fully saturated rings. The van der Waals surface area contributed by atoms with Crippen molar-refractivity contribution in [1.82, 2.24) is 10.3 Å². The van der Waals surface area contributed by atoms with Gasteiger partial charge < -0.3 is 10.2 Å². The maximum Gasteiger partial charge on any atom is 0.0704 e. The van der Waals surface area contributed by atoms with Crippen LogP contribution in [0.2, 0.25) is 5.02 Å². The van der Waals surface area contributed by atoms with Crippen molar-refractivity contribution >= 4 is 17.3 Å². The fourth-order valence-electron chi connectivity index (χ4n) is 3.62. The molecule has 0 atom stereocenters. The lowest BCUT2D eigenvalue weighted by Crippen LogP contribution is -2.26. The van der Waals surface area contributed by atoms with Gasteiger partial charge >= 0.3 is 0 Å². The van der Waals surface area contributed by atoms with Gasteiger partial charge in [0.05, 0.1) is 5.69 Å². The van der Waals surface area contributed by atoms with E-state index in [0.717, 1.165) is 29.4 Å². The Labute approximate surface area is 172 Å². The van der Waals surface area contributed by atoms with Crippen LogP contribution >= 0.6 is 11.6 Å². The Hall–Kier alpha value is -2.36. The largest absolute Gasteiger partial charge is 0.378 e. The van der Waals surface area contributed by atoms with E-state index in [1.807, 2.05) is 30.5 Å². The maximum atomic E-state index is 6.01. The van der Waals surface area contributed by atoms with Crippen molar-refractivity contribution in [3.63, 3.8) is 0 Å². The predicted molar refractivity (Wildman–Crippen MR) is 118 cm³/mol. The van der Waals surface area contributed by atoms with E-state index in [0.29, 0.717) is 0 Å². The van der Waals surface area contributed by atoms with Crippen molar-refractivity contribution in [2.45, 2.75) is 24.8 Å². The van der Waals surface area contributed by atoms with Gasteiger partial charge in [0.1, 0.15) is 0 Å². The molecule has 0 amide bonds. The number of halogens is 1. The maximum absolute atomic E-state index is 6.01. The highest BCUT2D eigenvalue weighted by atomic mass is 35.5. The second-order valence-corrected chi connectivity index (χ2v) is 8.32. The Balaban J connectivity index is 1.41. The summed E-state index contributed by atoms with van der Waals surface area (Å²) in [5.74, 6) is 0. The monoisotopic (exact) mass is 391 g/mol. The number of rotatable bonds is 7. The summed E-state index contributed by atoms with van der Waals surface area (Å²) < 4.78 is 0. The third-order valence-electron chi connectivity index (χ3n) is 5.61. The number of benzene rings is 2. The molecular formula is C24H26ClN3. The molecule has 2 aromatic carbocycles. The molecule has 1 aliphatic rings. The molecule has 1 heterocycles. The molecule has 1 aromatic heterocycles. The van der Waals surface area contributed by atoms with Gasteiger partial charge in [-0.05, 0) is 60.4 Å². The first-order chi connectivity index (χ1) is 13.6. The van der Waals surface area contributed by atoms with Crippen LogP contribution in [0, 0.1) is 0 Å². The number of hydrogen-bond donors (Lipinski definition) is 1. The Morgan fingerprint density at radius 1 is 1.00 bits per heavy atom. The third kappa shape index (κ3) is 4.21. The van der Waals surface area contributed by atoms with E-state index in [4.69, 9.17) is 11.6 Å². The quantitative estimate of drug-likeness (QED) is 0.593. The zero-order chi connectivity index (χ0) is 19.6. The molecule has 3 nitrogen and oxygen atoms in total. The highest BCUT2D eigenvalue weighted by Crippen LogP contribution is 2.48. The Kier molecular flexibility index (Phi) is 5.38. The third-order valence-corrected chi connectivity index (χ3v) is 5.86. The van der Waals surface area contributed by atoms with E-state index in [1.165, 1.54) is 29.7 Å². The Morgan fingerprint density at radius 3 is 2.36 bits per heavy atom. The topological polar surface area (TPSA) is 28.2 Å². The van der Waals surface area contributed by atoms with Gasteiger partial charge in [0, 0.05) is 55.1 Å². The van der Waals surface area contributed by atoms with Crippen LogP contribution < -0.4 is 10.2 Å². The standard InChI is InChI=1S/C24H26ClN3/c1-28(2)22-9-3-18(4-10-22)16-26-17-24(12-13-24)20-11-14-27-23(15-20)19-5-7-21(25)8-6-19/h3-11,14-15,26H,12-13,16-17H2,1-2H3. The van der Waals surface area contributed by atoms with Gasteiger partial charge in [0.2, 0.25) is 0 Å². The first kappa shape index (κ1) is 19.0. The van der Waals surface area contributed by atoms with Gasteiger partial charge in [-0.25, -0.2) is 0 Å². The molecule has 4 rings (SSSR count). The molecule has 0 aliphatic heterocycles. The number of hydrogen-bond acceptors (Lipinski definition) is 3. The molecule has 144 valence electrons. The summed E-state index contributed by atoms with van der Waals surface area (Å²) in [4.78, 5) is 6.69. The summed E-state index contributed by atoms with van der Waals surface area (Å²) in [5.41, 5.74) is 6.29. The molecule has 1 saturated carbocycles. The molecule has 3 aromatic rings. The molecule has 1 aliphatic carbocycles. The summed E-state index contributed by atoms with van der Waals surface area (Å²) in [6.07, 6.45) is 4.38. The van der Waals surface area contributed by atoms with E-state index in [1.54, 1.807) is 0 Å². The van der Waals surface area contributed by atoms with Gasteiger partial charge in [0.15, 0.2) is 0 Å². The summed E-state index contributed by atoms with van der Waals surface area (Å²) in [5, 5.41) is 4.42. The van der Waals surface area contributed by atoms with Crippen molar-refractivity contribution in [3.05, 3.63) is 83.0 Å². The fourth-order valence-corrected chi connectivity index (χ4v) is 3.74. The van der Waals surface area contributed by atoms with Crippen LogP contribution in [0.5, 0.6) is 0 Å². The number of nitrogens with zero attached hydrogens (tertiary/aromatic N) is 2. The molecule has 0 radical (unpaired) electrons. The number of aromatic nitrogens is 1. The lowest BCUT2D eigenvalue weighted by molar-refractivity contribution is 0.574. The first-order valence-corrected chi connectivity index (χ1v) is 10.1. The second-order valence-electron chi connectivity index (χ2n) is 7.88. The van der Waals surface area contributed by atoms with E-state index in [9.17, 15) is 0 Å². The molecule has 0 spiro atoms. The molecular weight excluding hydrogens is 366 g/mol. The van der Waals surface area contributed by atoms with Gasteiger partial charge in [-0.1, -0.05) is 35.9 Å². The van der Waals surface area contributed by atoms with Gasteiger partial charge in [-0.3, -0.25) is 4.98 Å². The average molecular weight is 392 g/mol. The summed E-state index contributed by atoms with van der Waals surface area (Å²) in [7, 11) is 4.13. The average Bonchev–Trinajstić information content (AvgIpc) is 3.50. The molecule has 0 saturated heterocycles. The number of nitrogens with one attached hydrogen (secondary N) is 1. The van der Waals surface area contributed by atoms with E-state index in [2.05, 4.69) is 65.7 Å². The van der Waals surface area contributed by atoms with Gasteiger partial charge in [0.25, 0.3) is 0 Å². The van der Waals surface area contributed by atoms with Crippen LogP contribution in [0.25, 0.3) is 11.3 Å². The Bertz CT molecular complexity index is 929. The van der Waals surface area contributed by atoms with Crippen molar-refractivity contribution in [2.75, 3.05) is 25.5 Å². The van der Waals surface area contributed by atoms with Gasteiger partial charge in [-0.2, -0.15) is 0 Å². The van der Waals surface area contributed by atoms with E-state index in [-0.39, 0.29) is 5.41 Å². The van der Waals surface area contributed by atoms with Gasteiger partial charge in [-0.15, -0.1) is 0 Å². The lowest BCUT2D eigenvalue weighted by atomic mass is 9.95. The zero-order valence-electron chi connectivity index (χ0n) is 16.5. The van der Waals surface area contributed by atoms with Crippen molar-refractivity contribution in [1.29, 1.82) is 0 Å². The SMILES string of the molecule is CN(C)c1ccc(CNCC2(c3ccnc(-c4ccc(Cl)cc4)c3)CC2)cc1.